The molecule has 0 amide bonds. The summed E-state index contributed by atoms with van der Waals surface area (Å²) in [5.41, 5.74) is 5.97. The fraction of sp³-hybridized carbons (Fsp3) is 0.400. The van der Waals surface area contributed by atoms with Crippen LogP contribution in [0.5, 0.6) is 5.75 Å². The minimum atomic E-state index is -1.27. The number of aromatic amines is 1. The molecule has 1 atom stereocenters. The number of aromatic nitrogens is 3. The Kier molecular flexibility index (Phi) is 4.53. The first-order valence-electron chi connectivity index (χ1n) is 8.94. The lowest BCUT2D eigenvalue weighted by Gasteiger charge is -2.09. The summed E-state index contributed by atoms with van der Waals surface area (Å²) >= 11 is 0. The number of hydrogen-bond acceptors (Lipinski definition) is 4. The molecule has 136 valence electrons. The molecule has 1 aromatic carbocycles. The molecule has 0 aliphatic heterocycles. The van der Waals surface area contributed by atoms with Crippen molar-refractivity contribution in [2.45, 2.75) is 44.5 Å². The van der Waals surface area contributed by atoms with E-state index < -0.39 is 10.8 Å². The van der Waals surface area contributed by atoms with Crippen LogP contribution in [-0.4, -0.2) is 25.8 Å². The largest absolute Gasteiger partial charge is 0.493 e. The molecule has 1 aliphatic carbocycles. The van der Waals surface area contributed by atoms with Crippen molar-refractivity contribution in [3.63, 3.8) is 0 Å². The van der Waals surface area contributed by atoms with Crippen LogP contribution in [0.25, 0.3) is 11.0 Å². The van der Waals surface area contributed by atoms with Crippen molar-refractivity contribution >= 4 is 21.8 Å². The molecule has 0 spiro atoms. The van der Waals surface area contributed by atoms with Gasteiger partial charge in [-0.25, -0.2) is 4.98 Å². The molecule has 3 aromatic rings. The number of fused-ring (bicyclic) bond motifs is 1. The fourth-order valence-corrected chi connectivity index (χ4v) is 3.98. The van der Waals surface area contributed by atoms with E-state index in [2.05, 4.69) is 21.9 Å². The number of H-pyrrole nitrogens is 1. The monoisotopic (exact) mass is 369 g/mol. The molecule has 2 heterocycles. The van der Waals surface area contributed by atoms with E-state index in [-0.39, 0.29) is 0 Å². The lowest BCUT2D eigenvalue weighted by atomic mass is 10.1. The van der Waals surface area contributed by atoms with Crippen molar-refractivity contribution in [3.05, 3.63) is 46.8 Å². The summed E-state index contributed by atoms with van der Waals surface area (Å²) in [7, 11) is -1.27. The first kappa shape index (κ1) is 17.2. The average molecular weight is 369 g/mol. The van der Waals surface area contributed by atoms with Crippen LogP contribution in [0, 0.1) is 26.7 Å². The second kappa shape index (κ2) is 6.83. The van der Waals surface area contributed by atoms with E-state index in [1.807, 2.05) is 38.2 Å². The highest BCUT2D eigenvalue weighted by molar-refractivity contribution is 7.84. The molecule has 2 aromatic heterocycles. The van der Waals surface area contributed by atoms with E-state index in [9.17, 15) is 4.21 Å². The molecule has 0 radical (unpaired) electrons. The lowest BCUT2D eigenvalue weighted by Crippen LogP contribution is -2.04. The molecule has 1 unspecified atom stereocenters. The van der Waals surface area contributed by atoms with Gasteiger partial charge in [0.05, 0.1) is 39.9 Å². The van der Waals surface area contributed by atoms with Gasteiger partial charge in [0.2, 0.25) is 0 Å². The van der Waals surface area contributed by atoms with Crippen LogP contribution in [-0.2, 0) is 16.6 Å². The van der Waals surface area contributed by atoms with Crippen molar-refractivity contribution in [1.82, 2.24) is 15.0 Å². The molecule has 4 rings (SSSR count). The Labute approximate surface area is 155 Å². The molecule has 1 N–H and O–H groups in total. The SMILES string of the molecule is Cc1cnc(CS(=O)c2nc3ccc(OCC4CC4)cc3[nH]2)c(C)c1C. The van der Waals surface area contributed by atoms with Gasteiger partial charge in [0.25, 0.3) is 0 Å². The minimum absolute atomic E-state index is 0.359. The Balaban J connectivity index is 1.53. The number of nitrogens with one attached hydrogen (secondary N) is 1. The van der Waals surface area contributed by atoms with Crippen LogP contribution in [0.15, 0.2) is 29.6 Å². The smallest absolute Gasteiger partial charge is 0.197 e. The maximum atomic E-state index is 12.8. The van der Waals surface area contributed by atoms with Crippen LogP contribution in [0.1, 0.15) is 35.2 Å². The number of hydrogen-bond donors (Lipinski definition) is 1. The maximum absolute atomic E-state index is 12.8. The first-order chi connectivity index (χ1) is 12.5. The Hall–Kier alpha value is -2.21. The number of ether oxygens (including phenoxy) is 1. The highest BCUT2D eigenvalue weighted by atomic mass is 32.2. The summed E-state index contributed by atoms with van der Waals surface area (Å²) < 4.78 is 18.6. The van der Waals surface area contributed by atoms with Crippen molar-refractivity contribution in [1.29, 1.82) is 0 Å². The van der Waals surface area contributed by atoms with E-state index in [0.29, 0.717) is 16.8 Å². The Bertz CT molecular complexity index is 992. The van der Waals surface area contributed by atoms with Gasteiger partial charge in [0.15, 0.2) is 5.16 Å². The van der Waals surface area contributed by atoms with Gasteiger partial charge in [-0.15, -0.1) is 0 Å². The summed E-state index contributed by atoms with van der Waals surface area (Å²) in [6, 6.07) is 5.77. The van der Waals surface area contributed by atoms with Gasteiger partial charge in [0.1, 0.15) is 5.75 Å². The van der Waals surface area contributed by atoms with Gasteiger partial charge in [-0.1, -0.05) is 0 Å². The Morgan fingerprint density at radius 2 is 2.04 bits per heavy atom. The summed E-state index contributed by atoms with van der Waals surface area (Å²) in [6.07, 6.45) is 4.37. The van der Waals surface area contributed by atoms with Gasteiger partial charge >= 0.3 is 0 Å². The Morgan fingerprint density at radius 3 is 2.81 bits per heavy atom. The highest BCUT2D eigenvalue weighted by Crippen LogP contribution is 2.30. The molecular formula is C20H23N3O2S. The van der Waals surface area contributed by atoms with Crippen LogP contribution in [0.4, 0.5) is 0 Å². The fourth-order valence-electron chi connectivity index (χ4n) is 2.88. The highest BCUT2D eigenvalue weighted by Gasteiger charge is 2.22. The number of imidazole rings is 1. The van der Waals surface area contributed by atoms with Crippen molar-refractivity contribution in [2.24, 2.45) is 5.92 Å². The third-order valence-electron chi connectivity index (χ3n) is 5.10. The number of rotatable bonds is 6. The van der Waals surface area contributed by atoms with Gasteiger partial charge < -0.3 is 9.72 Å². The summed E-state index contributed by atoms with van der Waals surface area (Å²) in [5.74, 6) is 1.90. The third kappa shape index (κ3) is 3.51. The second-order valence-corrected chi connectivity index (χ2v) is 8.47. The van der Waals surface area contributed by atoms with Crippen LogP contribution in [0.3, 0.4) is 0 Å². The number of pyridine rings is 1. The topological polar surface area (TPSA) is 67.9 Å². The molecule has 0 bridgehead atoms. The standard InChI is InChI=1S/C20H23N3O2S/c1-12-9-21-19(14(3)13(12)2)11-26(24)20-22-17-7-6-16(8-18(17)23-20)25-10-15-4-5-15/h6-9,15H,4-5,10-11H2,1-3H3,(H,22,23). The van der Waals surface area contributed by atoms with E-state index in [1.165, 1.54) is 18.4 Å². The van der Waals surface area contributed by atoms with E-state index in [0.717, 1.165) is 40.2 Å². The zero-order valence-electron chi connectivity index (χ0n) is 15.3. The lowest BCUT2D eigenvalue weighted by molar-refractivity contribution is 0.300. The molecule has 5 nitrogen and oxygen atoms in total. The van der Waals surface area contributed by atoms with E-state index in [1.54, 1.807) is 0 Å². The van der Waals surface area contributed by atoms with Gasteiger partial charge in [0, 0.05) is 12.3 Å². The van der Waals surface area contributed by atoms with E-state index >= 15 is 0 Å². The number of benzene rings is 1. The van der Waals surface area contributed by atoms with Crippen molar-refractivity contribution < 1.29 is 8.95 Å². The summed E-state index contributed by atoms with van der Waals surface area (Å²) in [5, 5.41) is 0.485. The van der Waals surface area contributed by atoms with Crippen molar-refractivity contribution in [2.75, 3.05) is 6.61 Å². The predicted octanol–water partition coefficient (Wildman–Crippen LogP) is 3.98. The first-order valence-corrected chi connectivity index (χ1v) is 10.3. The molecule has 1 saturated carbocycles. The molecular weight excluding hydrogens is 346 g/mol. The molecule has 26 heavy (non-hydrogen) atoms. The molecule has 6 heteroatoms. The average Bonchev–Trinajstić information content (AvgIpc) is 3.37. The van der Waals surface area contributed by atoms with Crippen LogP contribution >= 0.6 is 0 Å². The second-order valence-electron chi connectivity index (χ2n) is 7.10. The zero-order valence-corrected chi connectivity index (χ0v) is 16.2. The van der Waals surface area contributed by atoms with Crippen LogP contribution < -0.4 is 4.74 Å². The molecule has 1 aliphatic rings. The van der Waals surface area contributed by atoms with Gasteiger partial charge in [-0.3, -0.25) is 9.19 Å². The van der Waals surface area contributed by atoms with Crippen molar-refractivity contribution in [3.8, 4) is 5.75 Å². The van der Waals surface area contributed by atoms with E-state index in [4.69, 9.17) is 4.74 Å². The van der Waals surface area contributed by atoms with Crippen LogP contribution in [0.2, 0.25) is 0 Å². The summed E-state index contributed by atoms with van der Waals surface area (Å²) in [4.78, 5) is 12.1. The van der Waals surface area contributed by atoms with Gasteiger partial charge in [-0.05, 0) is 68.4 Å². The number of nitrogens with zero attached hydrogens (tertiary/aromatic N) is 2. The Morgan fingerprint density at radius 1 is 1.23 bits per heavy atom. The third-order valence-corrected chi connectivity index (χ3v) is 6.26. The summed E-state index contributed by atoms with van der Waals surface area (Å²) in [6.45, 7) is 6.92. The quantitative estimate of drug-likeness (QED) is 0.714. The normalized spacial score (nSPS) is 15.3. The molecule has 0 saturated heterocycles. The predicted molar refractivity (Wildman–Crippen MR) is 103 cm³/mol. The molecule has 1 fully saturated rings. The minimum Gasteiger partial charge on any atom is -0.493 e. The maximum Gasteiger partial charge on any atom is 0.197 e. The zero-order chi connectivity index (χ0) is 18.3. The van der Waals surface area contributed by atoms with Gasteiger partial charge in [-0.2, -0.15) is 0 Å². The number of aryl methyl sites for hydroxylation is 1.